The van der Waals surface area contributed by atoms with Crippen molar-refractivity contribution in [1.82, 2.24) is 10.0 Å². The summed E-state index contributed by atoms with van der Waals surface area (Å²) < 4.78 is 26.2. The highest BCUT2D eigenvalue weighted by atomic mass is 35.5. The minimum Gasteiger partial charge on any atom is -0.359 e. The molecule has 4 N–H and O–H groups in total. The Morgan fingerprint density at radius 1 is 1.42 bits per heavy atom. The SMILES string of the molecule is CNC(=O)CCNS(=O)(=O)c1ccc(CN)c(Cl)c1. The molecule has 0 heterocycles. The molecule has 0 saturated heterocycles. The fraction of sp³-hybridized carbons (Fsp3) is 0.364. The zero-order valence-corrected chi connectivity index (χ0v) is 12.0. The first kappa shape index (κ1) is 15.9. The number of benzene rings is 1. The van der Waals surface area contributed by atoms with Gasteiger partial charge in [-0.1, -0.05) is 17.7 Å². The van der Waals surface area contributed by atoms with E-state index in [2.05, 4.69) is 10.0 Å². The highest BCUT2D eigenvalue weighted by Gasteiger charge is 2.15. The number of sulfonamides is 1. The lowest BCUT2D eigenvalue weighted by atomic mass is 10.2. The highest BCUT2D eigenvalue weighted by Crippen LogP contribution is 2.20. The Morgan fingerprint density at radius 2 is 2.11 bits per heavy atom. The van der Waals surface area contributed by atoms with Crippen LogP contribution in [0.25, 0.3) is 0 Å². The summed E-state index contributed by atoms with van der Waals surface area (Å²) in [6.45, 7) is 0.265. The van der Waals surface area contributed by atoms with Crippen LogP contribution in [-0.2, 0) is 21.4 Å². The lowest BCUT2D eigenvalue weighted by Gasteiger charge is -2.08. The molecule has 0 atom stereocenters. The fourth-order valence-electron chi connectivity index (χ4n) is 1.37. The molecule has 1 amide bonds. The van der Waals surface area contributed by atoms with E-state index in [1.54, 1.807) is 6.07 Å². The van der Waals surface area contributed by atoms with Crippen LogP contribution in [-0.4, -0.2) is 27.9 Å². The van der Waals surface area contributed by atoms with Gasteiger partial charge in [-0.3, -0.25) is 4.79 Å². The second-order valence-corrected chi connectivity index (χ2v) is 5.95. The predicted molar refractivity (Wildman–Crippen MR) is 73.2 cm³/mol. The highest BCUT2D eigenvalue weighted by molar-refractivity contribution is 7.89. The van der Waals surface area contributed by atoms with E-state index in [-0.39, 0.29) is 30.3 Å². The Labute approximate surface area is 117 Å². The summed E-state index contributed by atoms with van der Waals surface area (Å²) in [5, 5.41) is 2.71. The summed E-state index contributed by atoms with van der Waals surface area (Å²) in [4.78, 5) is 11.0. The Bertz CT molecular complexity index is 560. The van der Waals surface area contributed by atoms with Gasteiger partial charge in [0.05, 0.1) is 4.90 Å². The van der Waals surface area contributed by atoms with Crippen molar-refractivity contribution in [2.45, 2.75) is 17.9 Å². The van der Waals surface area contributed by atoms with Crippen LogP contribution in [0.2, 0.25) is 5.02 Å². The van der Waals surface area contributed by atoms with Crippen LogP contribution in [0.3, 0.4) is 0 Å². The maximum Gasteiger partial charge on any atom is 0.240 e. The summed E-state index contributed by atoms with van der Waals surface area (Å²) in [5.41, 5.74) is 6.12. The summed E-state index contributed by atoms with van der Waals surface area (Å²) in [6.07, 6.45) is 0.0738. The van der Waals surface area contributed by atoms with Gasteiger partial charge in [-0.25, -0.2) is 13.1 Å². The zero-order chi connectivity index (χ0) is 14.5. The van der Waals surface area contributed by atoms with Gasteiger partial charge in [0.2, 0.25) is 15.9 Å². The third kappa shape index (κ3) is 4.46. The van der Waals surface area contributed by atoms with E-state index in [4.69, 9.17) is 17.3 Å². The Morgan fingerprint density at radius 3 is 2.63 bits per heavy atom. The fourth-order valence-corrected chi connectivity index (χ4v) is 2.75. The monoisotopic (exact) mass is 305 g/mol. The van der Waals surface area contributed by atoms with Gasteiger partial charge in [0.25, 0.3) is 0 Å². The minimum absolute atomic E-state index is 0.0261. The average Bonchev–Trinajstić information content (AvgIpc) is 2.38. The van der Waals surface area contributed by atoms with Gasteiger partial charge >= 0.3 is 0 Å². The largest absolute Gasteiger partial charge is 0.359 e. The molecule has 0 saturated carbocycles. The number of hydrogen-bond donors (Lipinski definition) is 3. The normalized spacial score (nSPS) is 11.3. The number of rotatable bonds is 6. The maximum atomic E-state index is 11.9. The molecule has 6 nitrogen and oxygen atoms in total. The van der Waals surface area contributed by atoms with Gasteiger partial charge < -0.3 is 11.1 Å². The van der Waals surface area contributed by atoms with Crippen LogP contribution in [0, 0.1) is 0 Å². The van der Waals surface area contributed by atoms with Crippen LogP contribution >= 0.6 is 11.6 Å². The van der Waals surface area contributed by atoms with Gasteiger partial charge in [0.1, 0.15) is 0 Å². The third-order valence-corrected chi connectivity index (χ3v) is 4.29. The molecule has 8 heteroatoms. The van der Waals surface area contributed by atoms with Crippen LogP contribution < -0.4 is 15.8 Å². The van der Waals surface area contributed by atoms with E-state index in [1.807, 2.05) is 0 Å². The summed E-state index contributed by atoms with van der Waals surface area (Å²) >= 11 is 5.91. The number of carbonyl (C=O) groups is 1. The molecule has 1 aromatic carbocycles. The first-order valence-electron chi connectivity index (χ1n) is 5.59. The topological polar surface area (TPSA) is 101 Å². The number of carbonyl (C=O) groups excluding carboxylic acids is 1. The van der Waals surface area contributed by atoms with Gasteiger partial charge in [-0.2, -0.15) is 0 Å². The molecular formula is C11H16ClN3O3S. The van der Waals surface area contributed by atoms with Crippen LogP contribution in [0.5, 0.6) is 0 Å². The summed E-state index contributed by atoms with van der Waals surface area (Å²) in [6, 6.07) is 4.33. The predicted octanol–water partition coefficient (Wildman–Crippen LogP) is 0.213. The van der Waals surface area contributed by atoms with E-state index < -0.39 is 10.0 Å². The van der Waals surface area contributed by atoms with E-state index in [9.17, 15) is 13.2 Å². The molecule has 0 aliphatic carbocycles. The number of nitrogens with two attached hydrogens (primary N) is 1. The number of nitrogens with one attached hydrogen (secondary N) is 2. The van der Waals surface area contributed by atoms with Gasteiger partial charge in [0, 0.05) is 31.6 Å². The van der Waals surface area contributed by atoms with Crippen LogP contribution in [0.1, 0.15) is 12.0 Å². The van der Waals surface area contributed by atoms with E-state index in [1.165, 1.54) is 19.2 Å². The Kier molecular flexibility index (Phi) is 5.74. The number of amides is 1. The third-order valence-electron chi connectivity index (χ3n) is 2.48. The molecule has 1 aromatic rings. The van der Waals surface area contributed by atoms with Crippen molar-refractivity contribution in [3.63, 3.8) is 0 Å². The lowest BCUT2D eigenvalue weighted by molar-refractivity contribution is -0.120. The molecule has 0 fully saturated rings. The molecule has 0 unspecified atom stereocenters. The van der Waals surface area contributed by atoms with Gasteiger partial charge in [-0.15, -0.1) is 0 Å². The van der Waals surface area contributed by atoms with E-state index >= 15 is 0 Å². The first-order chi connectivity index (χ1) is 8.90. The Balaban J connectivity index is 2.77. The first-order valence-corrected chi connectivity index (χ1v) is 7.45. The maximum absolute atomic E-state index is 11.9. The number of halogens is 1. The average molecular weight is 306 g/mol. The zero-order valence-electron chi connectivity index (χ0n) is 10.4. The Hall–Kier alpha value is -1.15. The molecule has 0 aliphatic rings. The van der Waals surface area contributed by atoms with Gasteiger partial charge in [-0.05, 0) is 17.7 Å². The molecule has 0 aromatic heterocycles. The van der Waals surface area contributed by atoms with Crippen molar-refractivity contribution in [2.24, 2.45) is 5.73 Å². The minimum atomic E-state index is -3.67. The second kappa shape index (κ2) is 6.85. The second-order valence-electron chi connectivity index (χ2n) is 3.78. The van der Waals surface area contributed by atoms with Crippen molar-refractivity contribution in [3.05, 3.63) is 28.8 Å². The van der Waals surface area contributed by atoms with Crippen molar-refractivity contribution < 1.29 is 13.2 Å². The summed E-state index contributed by atoms with van der Waals surface area (Å²) in [7, 11) is -2.18. The van der Waals surface area contributed by atoms with Gasteiger partial charge in [0.15, 0.2) is 0 Å². The molecule has 1 rings (SSSR count). The van der Waals surface area contributed by atoms with E-state index in [0.717, 1.165) is 0 Å². The van der Waals surface area contributed by atoms with Crippen molar-refractivity contribution in [1.29, 1.82) is 0 Å². The number of hydrogen-bond acceptors (Lipinski definition) is 4. The molecule has 0 aliphatic heterocycles. The van der Waals surface area contributed by atoms with Crippen molar-refractivity contribution in [3.8, 4) is 0 Å². The standard InChI is InChI=1S/C11H16ClN3O3S/c1-14-11(16)4-5-15-19(17,18)9-3-2-8(7-13)10(12)6-9/h2-3,6,15H,4-5,7,13H2,1H3,(H,14,16). The molecule has 19 heavy (non-hydrogen) atoms. The quantitative estimate of drug-likeness (QED) is 0.699. The van der Waals surface area contributed by atoms with Crippen LogP contribution in [0.15, 0.2) is 23.1 Å². The van der Waals surface area contributed by atoms with Crippen molar-refractivity contribution >= 4 is 27.5 Å². The lowest BCUT2D eigenvalue weighted by Crippen LogP contribution is -2.29. The van der Waals surface area contributed by atoms with Crippen molar-refractivity contribution in [2.75, 3.05) is 13.6 Å². The van der Waals surface area contributed by atoms with Crippen LogP contribution in [0.4, 0.5) is 0 Å². The molecule has 106 valence electrons. The molecule has 0 bridgehead atoms. The molecular weight excluding hydrogens is 290 g/mol. The smallest absolute Gasteiger partial charge is 0.240 e. The molecule has 0 radical (unpaired) electrons. The molecule has 0 spiro atoms. The van der Waals surface area contributed by atoms with E-state index in [0.29, 0.717) is 10.6 Å². The summed E-state index contributed by atoms with van der Waals surface area (Å²) in [5.74, 6) is -0.237.